The van der Waals surface area contributed by atoms with E-state index in [1.807, 2.05) is 54.6 Å². The minimum absolute atomic E-state index is 0.0867. The van der Waals surface area contributed by atoms with E-state index in [1.54, 1.807) is 13.3 Å². The maximum atomic E-state index is 12.1. The third-order valence-corrected chi connectivity index (χ3v) is 5.51. The Kier molecular flexibility index (Phi) is 9.22. The number of benzene rings is 2. The Hall–Kier alpha value is -3.65. The lowest BCUT2D eigenvalue weighted by Gasteiger charge is -2.17. The topological polar surface area (TPSA) is 118 Å². The van der Waals surface area contributed by atoms with E-state index in [9.17, 15) is 9.59 Å². The van der Waals surface area contributed by atoms with Gasteiger partial charge in [0.15, 0.2) is 0 Å². The first-order valence-electron chi connectivity index (χ1n) is 11.5. The van der Waals surface area contributed by atoms with E-state index in [4.69, 9.17) is 10.5 Å². The second-order valence-corrected chi connectivity index (χ2v) is 8.30. The van der Waals surface area contributed by atoms with Crippen LogP contribution in [0.15, 0.2) is 60.8 Å². The molecular formula is C26H33N5O3. The third-order valence-electron chi connectivity index (χ3n) is 5.51. The summed E-state index contributed by atoms with van der Waals surface area (Å²) < 4.78 is 5.40. The number of hydrogen-bond donors (Lipinski definition) is 4. The molecule has 0 aliphatic rings. The average molecular weight is 464 g/mol. The average Bonchev–Trinajstić information content (AvgIpc) is 2.85. The number of pyridine rings is 1. The van der Waals surface area contributed by atoms with Crippen molar-refractivity contribution in [2.75, 3.05) is 25.5 Å². The fraction of sp³-hybridized carbons (Fsp3) is 0.346. The molecule has 8 heteroatoms. The van der Waals surface area contributed by atoms with Gasteiger partial charge in [0.2, 0.25) is 11.8 Å². The molecule has 0 saturated carbocycles. The molecule has 3 aromatic rings. The number of anilines is 1. The van der Waals surface area contributed by atoms with E-state index in [2.05, 4.69) is 27.9 Å². The van der Waals surface area contributed by atoms with Crippen LogP contribution in [-0.4, -0.2) is 49.1 Å². The van der Waals surface area contributed by atoms with Crippen LogP contribution in [0.1, 0.15) is 25.3 Å². The Bertz CT molecular complexity index is 1090. The SMILES string of the molecule is COc1cc(NC(C)CCCNC(=O)CNC(=O)[C@@H](N)Cc2ccccc2)c2ncccc2c1. The lowest BCUT2D eigenvalue weighted by Crippen LogP contribution is -2.46. The highest BCUT2D eigenvalue weighted by atomic mass is 16.5. The van der Waals surface area contributed by atoms with Gasteiger partial charge in [-0.3, -0.25) is 14.6 Å². The molecular weight excluding hydrogens is 430 g/mol. The van der Waals surface area contributed by atoms with Crippen LogP contribution < -0.4 is 26.4 Å². The molecule has 180 valence electrons. The summed E-state index contributed by atoms with van der Waals surface area (Å²) in [5.41, 5.74) is 8.74. The molecule has 0 spiro atoms. The standard InChI is InChI=1S/C26H33N5O3/c1-18(31-23-16-21(34-2)15-20-11-7-13-29-25(20)23)8-6-12-28-24(32)17-30-26(33)22(27)14-19-9-4-3-5-10-19/h3-5,7,9-11,13,15-16,18,22,31H,6,8,12,14,17,27H2,1-2H3,(H,28,32)(H,30,33)/t18?,22-/m0/s1. The van der Waals surface area contributed by atoms with E-state index < -0.39 is 6.04 Å². The summed E-state index contributed by atoms with van der Waals surface area (Å²) in [5, 5.41) is 9.95. The summed E-state index contributed by atoms with van der Waals surface area (Å²) in [6.07, 6.45) is 3.83. The van der Waals surface area contributed by atoms with Crippen molar-refractivity contribution in [2.45, 2.75) is 38.3 Å². The number of amides is 2. The quantitative estimate of drug-likeness (QED) is 0.307. The Morgan fingerprint density at radius 1 is 1.09 bits per heavy atom. The summed E-state index contributed by atoms with van der Waals surface area (Å²) in [5.74, 6) is 0.202. The largest absolute Gasteiger partial charge is 0.497 e. The van der Waals surface area contributed by atoms with Crippen molar-refractivity contribution in [1.29, 1.82) is 0 Å². The number of ether oxygens (including phenoxy) is 1. The van der Waals surface area contributed by atoms with Gasteiger partial charge >= 0.3 is 0 Å². The molecule has 1 aromatic heterocycles. The monoisotopic (exact) mass is 463 g/mol. The number of carbonyl (C=O) groups is 2. The minimum Gasteiger partial charge on any atom is -0.497 e. The van der Waals surface area contributed by atoms with Gasteiger partial charge < -0.3 is 26.4 Å². The van der Waals surface area contributed by atoms with Crippen molar-refractivity contribution in [3.63, 3.8) is 0 Å². The van der Waals surface area contributed by atoms with E-state index >= 15 is 0 Å². The molecule has 0 saturated heterocycles. The van der Waals surface area contributed by atoms with Gasteiger partial charge in [-0.2, -0.15) is 0 Å². The van der Waals surface area contributed by atoms with Crippen LogP contribution in [0.3, 0.4) is 0 Å². The highest BCUT2D eigenvalue weighted by Gasteiger charge is 2.15. The summed E-state index contributed by atoms with van der Waals surface area (Å²) in [6.45, 7) is 2.52. The summed E-state index contributed by atoms with van der Waals surface area (Å²) in [4.78, 5) is 28.7. The first kappa shape index (κ1) is 25.0. The van der Waals surface area contributed by atoms with Gasteiger partial charge in [-0.25, -0.2) is 0 Å². The molecule has 1 unspecified atom stereocenters. The lowest BCUT2D eigenvalue weighted by atomic mass is 10.1. The van der Waals surface area contributed by atoms with Gasteiger partial charge in [0, 0.05) is 30.2 Å². The van der Waals surface area contributed by atoms with Gasteiger partial charge in [-0.1, -0.05) is 36.4 Å². The zero-order chi connectivity index (χ0) is 24.3. The number of carbonyl (C=O) groups excluding carboxylic acids is 2. The second kappa shape index (κ2) is 12.6. The number of fused-ring (bicyclic) bond motifs is 1. The number of methoxy groups -OCH3 is 1. The second-order valence-electron chi connectivity index (χ2n) is 8.30. The molecule has 2 atom stereocenters. The highest BCUT2D eigenvalue weighted by Crippen LogP contribution is 2.28. The molecule has 0 aliphatic carbocycles. The van der Waals surface area contributed by atoms with Gasteiger partial charge in [-0.05, 0) is 43.9 Å². The molecule has 1 heterocycles. The summed E-state index contributed by atoms with van der Waals surface area (Å²) >= 11 is 0. The zero-order valence-corrected chi connectivity index (χ0v) is 19.7. The molecule has 0 aliphatic heterocycles. The van der Waals surface area contributed by atoms with Crippen molar-refractivity contribution in [3.05, 3.63) is 66.4 Å². The van der Waals surface area contributed by atoms with Crippen LogP contribution >= 0.6 is 0 Å². The first-order chi connectivity index (χ1) is 16.5. The lowest BCUT2D eigenvalue weighted by molar-refractivity contribution is -0.126. The van der Waals surface area contributed by atoms with E-state index in [1.165, 1.54) is 0 Å². The Morgan fingerprint density at radius 3 is 2.65 bits per heavy atom. The number of hydrogen-bond acceptors (Lipinski definition) is 6. The molecule has 3 rings (SSSR count). The number of aromatic nitrogens is 1. The number of nitrogens with one attached hydrogen (secondary N) is 3. The van der Waals surface area contributed by atoms with Crippen molar-refractivity contribution in [3.8, 4) is 5.75 Å². The fourth-order valence-corrected chi connectivity index (χ4v) is 3.69. The van der Waals surface area contributed by atoms with E-state index in [0.717, 1.165) is 40.7 Å². The Morgan fingerprint density at radius 2 is 1.88 bits per heavy atom. The predicted octanol–water partition coefficient (Wildman–Crippen LogP) is 2.63. The Balaban J connectivity index is 1.36. The smallest absolute Gasteiger partial charge is 0.239 e. The summed E-state index contributed by atoms with van der Waals surface area (Å²) in [6, 6.07) is 16.8. The van der Waals surface area contributed by atoms with Crippen molar-refractivity contribution >= 4 is 28.4 Å². The van der Waals surface area contributed by atoms with Crippen molar-refractivity contribution in [1.82, 2.24) is 15.6 Å². The van der Waals surface area contributed by atoms with Gasteiger partial charge in [0.05, 0.1) is 30.9 Å². The molecule has 0 fully saturated rings. The van der Waals surface area contributed by atoms with Crippen LogP contribution in [0.4, 0.5) is 5.69 Å². The third kappa shape index (κ3) is 7.45. The zero-order valence-electron chi connectivity index (χ0n) is 19.7. The molecule has 0 bridgehead atoms. The summed E-state index contributed by atoms with van der Waals surface area (Å²) in [7, 11) is 1.65. The number of nitrogens with zero attached hydrogens (tertiary/aromatic N) is 1. The Labute approximate surface area is 200 Å². The van der Waals surface area contributed by atoms with Crippen LogP contribution in [-0.2, 0) is 16.0 Å². The maximum absolute atomic E-state index is 12.1. The van der Waals surface area contributed by atoms with Crippen LogP contribution in [0, 0.1) is 0 Å². The maximum Gasteiger partial charge on any atom is 0.239 e. The van der Waals surface area contributed by atoms with E-state index in [-0.39, 0.29) is 24.4 Å². The fourth-order valence-electron chi connectivity index (χ4n) is 3.69. The van der Waals surface area contributed by atoms with Crippen molar-refractivity contribution in [2.24, 2.45) is 5.73 Å². The van der Waals surface area contributed by atoms with E-state index in [0.29, 0.717) is 13.0 Å². The van der Waals surface area contributed by atoms with Crippen LogP contribution in [0.25, 0.3) is 10.9 Å². The molecule has 5 N–H and O–H groups in total. The molecule has 8 nitrogen and oxygen atoms in total. The molecule has 34 heavy (non-hydrogen) atoms. The normalized spacial score (nSPS) is 12.6. The van der Waals surface area contributed by atoms with Gasteiger partial charge in [0.1, 0.15) is 5.75 Å². The first-order valence-corrected chi connectivity index (χ1v) is 11.5. The molecule has 2 amide bonds. The molecule has 0 radical (unpaired) electrons. The predicted molar refractivity (Wildman–Crippen MR) is 135 cm³/mol. The number of nitrogens with two attached hydrogens (primary N) is 1. The van der Waals surface area contributed by atoms with Gasteiger partial charge in [0.25, 0.3) is 0 Å². The van der Waals surface area contributed by atoms with Crippen LogP contribution in [0.2, 0.25) is 0 Å². The highest BCUT2D eigenvalue weighted by molar-refractivity contribution is 5.92. The minimum atomic E-state index is -0.690. The van der Waals surface area contributed by atoms with Crippen molar-refractivity contribution < 1.29 is 14.3 Å². The van der Waals surface area contributed by atoms with Crippen LogP contribution in [0.5, 0.6) is 5.75 Å². The number of rotatable bonds is 12. The molecule has 2 aromatic carbocycles. The van der Waals surface area contributed by atoms with Gasteiger partial charge in [-0.15, -0.1) is 0 Å².